The zero-order valence-electron chi connectivity index (χ0n) is 7.59. The van der Waals surface area contributed by atoms with E-state index in [0.29, 0.717) is 11.8 Å². The average Bonchev–Trinajstić information content (AvgIpc) is 1.82. The number of hydrogen-bond acceptors (Lipinski definition) is 1. The second-order valence-corrected chi connectivity index (χ2v) is 3.65. The van der Waals surface area contributed by atoms with Crippen molar-refractivity contribution >= 4 is 5.97 Å². The minimum atomic E-state index is -0.930. The summed E-state index contributed by atoms with van der Waals surface area (Å²) in [6.45, 7) is 6.38. The van der Waals surface area contributed by atoms with Crippen LogP contribution >= 0.6 is 0 Å². The summed E-state index contributed by atoms with van der Waals surface area (Å²) in [6, 6.07) is 0. The Bertz CT molecular complexity index is 119. The van der Waals surface area contributed by atoms with Gasteiger partial charge < -0.3 is 0 Å². The predicted octanol–water partition coefficient (Wildman–Crippen LogP) is 2.41. The molecule has 0 aromatic heterocycles. The largest absolute Gasteiger partial charge is 0.355 e. The molecule has 2 nitrogen and oxygen atoms in total. The Morgan fingerprint density at radius 2 is 1.82 bits per heavy atom. The van der Waals surface area contributed by atoms with Crippen LogP contribution in [0, 0.1) is 11.8 Å². The molecule has 0 aliphatic rings. The lowest BCUT2D eigenvalue weighted by atomic mass is 9.95. The summed E-state index contributed by atoms with van der Waals surface area (Å²) < 4.78 is 0. The van der Waals surface area contributed by atoms with Crippen molar-refractivity contribution in [3.63, 3.8) is 0 Å². The number of rotatable bonds is 5. The number of carbonyl (C=O) groups is 1. The highest BCUT2D eigenvalue weighted by Gasteiger charge is 2.07. The van der Waals surface area contributed by atoms with Gasteiger partial charge >= 0.3 is 5.97 Å². The molecule has 0 N–H and O–H groups in total. The van der Waals surface area contributed by atoms with Gasteiger partial charge in [0.2, 0.25) is 0 Å². The van der Waals surface area contributed by atoms with E-state index in [9.17, 15) is 9.90 Å². The second-order valence-electron chi connectivity index (χ2n) is 3.65. The van der Waals surface area contributed by atoms with Crippen LogP contribution < -0.4 is 0 Å². The maximum Gasteiger partial charge on any atom is 0.355 e. The molecule has 0 aromatic rings. The van der Waals surface area contributed by atoms with Gasteiger partial charge in [-0.1, -0.05) is 20.8 Å². The highest BCUT2D eigenvalue weighted by Crippen LogP contribution is 2.15. The Kier molecular flexibility index (Phi) is 4.92. The van der Waals surface area contributed by atoms with E-state index in [-0.39, 0.29) is 6.42 Å². The molecule has 1 atom stereocenters. The van der Waals surface area contributed by atoms with Crippen molar-refractivity contribution in [2.24, 2.45) is 11.8 Å². The molecule has 0 fully saturated rings. The zero-order valence-corrected chi connectivity index (χ0v) is 7.59. The second kappa shape index (κ2) is 5.16. The third kappa shape index (κ3) is 7.37. The van der Waals surface area contributed by atoms with Gasteiger partial charge in [0.1, 0.15) is 0 Å². The molecule has 0 saturated carbocycles. The topological polar surface area (TPSA) is 37.0 Å². The van der Waals surface area contributed by atoms with E-state index >= 15 is 0 Å². The predicted molar refractivity (Wildman–Crippen MR) is 43.5 cm³/mol. The van der Waals surface area contributed by atoms with Crippen LogP contribution in [-0.4, -0.2) is 5.97 Å². The van der Waals surface area contributed by atoms with Crippen molar-refractivity contribution < 1.29 is 9.90 Å². The minimum absolute atomic E-state index is 0.202. The summed E-state index contributed by atoms with van der Waals surface area (Å²) >= 11 is 0. The summed E-state index contributed by atoms with van der Waals surface area (Å²) in [7, 11) is 0. The van der Waals surface area contributed by atoms with Gasteiger partial charge in [-0.05, 0) is 24.7 Å². The van der Waals surface area contributed by atoms with Crippen LogP contribution in [0.5, 0.6) is 0 Å². The molecular weight excluding hydrogens is 140 g/mol. The Morgan fingerprint density at radius 1 is 1.27 bits per heavy atom. The van der Waals surface area contributed by atoms with E-state index in [1.54, 1.807) is 0 Å². The molecule has 0 bridgehead atoms. The minimum Gasteiger partial charge on any atom is -0.247 e. The van der Waals surface area contributed by atoms with Gasteiger partial charge in [-0.3, -0.25) is 0 Å². The fraction of sp³-hybridized carbons (Fsp3) is 0.889. The van der Waals surface area contributed by atoms with Gasteiger partial charge in [0.05, 0.1) is 6.42 Å². The van der Waals surface area contributed by atoms with Gasteiger partial charge in [0, 0.05) is 0 Å². The van der Waals surface area contributed by atoms with Crippen molar-refractivity contribution in [2.75, 3.05) is 0 Å². The van der Waals surface area contributed by atoms with Crippen LogP contribution in [-0.2, 0) is 9.90 Å². The molecule has 0 heterocycles. The number of carbonyl (C=O) groups excluding carboxylic acids is 1. The lowest BCUT2D eigenvalue weighted by molar-refractivity contribution is -0.143. The fourth-order valence-electron chi connectivity index (χ4n) is 1.29. The molecule has 1 unspecified atom stereocenters. The van der Waals surface area contributed by atoms with Gasteiger partial charge in [0.15, 0.2) is 0 Å². The van der Waals surface area contributed by atoms with Crippen LogP contribution in [0.3, 0.4) is 0 Å². The van der Waals surface area contributed by atoms with Gasteiger partial charge in [-0.15, -0.1) is 0 Å². The Hall–Kier alpha value is -0.530. The van der Waals surface area contributed by atoms with Crippen molar-refractivity contribution in [1.29, 1.82) is 0 Å². The molecule has 65 valence electrons. The highest BCUT2D eigenvalue weighted by molar-refractivity contribution is 5.66. The molecule has 0 rings (SSSR count). The van der Waals surface area contributed by atoms with Crippen LogP contribution in [0.25, 0.3) is 0 Å². The maximum absolute atomic E-state index is 10.1. The highest BCUT2D eigenvalue weighted by atomic mass is 16.4. The molecule has 2 heteroatoms. The summed E-state index contributed by atoms with van der Waals surface area (Å²) in [4.78, 5) is 10.1. The van der Waals surface area contributed by atoms with E-state index in [1.165, 1.54) is 0 Å². The lowest BCUT2D eigenvalue weighted by Gasteiger charge is -2.11. The Labute approximate surface area is 68.6 Å². The van der Waals surface area contributed by atoms with Crippen LogP contribution in [0.15, 0.2) is 0 Å². The first-order valence-corrected chi connectivity index (χ1v) is 4.22. The van der Waals surface area contributed by atoms with Crippen molar-refractivity contribution in [2.45, 2.75) is 40.0 Å². The van der Waals surface area contributed by atoms with E-state index in [0.717, 1.165) is 12.8 Å². The summed E-state index contributed by atoms with van der Waals surface area (Å²) in [5.74, 6) is 0.236. The summed E-state index contributed by atoms with van der Waals surface area (Å²) in [6.07, 6.45) is 2.06. The molecule has 1 radical (unpaired) electrons. The molecule has 0 aliphatic carbocycles. The van der Waals surface area contributed by atoms with Gasteiger partial charge in [-0.25, -0.2) is 9.90 Å². The standard InChI is InChI=1S/C9H17O2/c1-7(2)6-8(3)4-5-9(10)11/h7-8H,4-6H2,1-3H3. The summed E-state index contributed by atoms with van der Waals surface area (Å²) in [5, 5.41) is 10.1. The van der Waals surface area contributed by atoms with Crippen LogP contribution in [0.2, 0.25) is 0 Å². The maximum atomic E-state index is 10.1. The quantitative estimate of drug-likeness (QED) is 0.603. The molecule has 0 saturated heterocycles. The fourth-order valence-corrected chi connectivity index (χ4v) is 1.29. The molecule has 0 amide bonds. The smallest absolute Gasteiger partial charge is 0.247 e. The first-order chi connectivity index (χ1) is 5.02. The van der Waals surface area contributed by atoms with Crippen molar-refractivity contribution in [1.82, 2.24) is 0 Å². The molecule has 0 aliphatic heterocycles. The van der Waals surface area contributed by atoms with E-state index in [2.05, 4.69) is 20.8 Å². The molecule has 0 aromatic carbocycles. The van der Waals surface area contributed by atoms with Crippen LogP contribution in [0.1, 0.15) is 40.0 Å². The molecule has 0 spiro atoms. The van der Waals surface area contributed by atoms with Gasteiger partial charge in [0.25, 0.3) is 0 Å². The third-order valence-corrected chi connectivity index (χ3v) is 1.72. The number of hydrogen-bond donors (Lipinski definition) is 0. The monoisotopic (exact) mass is 157 g/mol. The Morgan fingerprint density at radius 3 is 2.18 bits per heavy atom. The van der Waals surface area contributed by atoms with Gasteiger partial charge in [-0.2, -0.15) is 0 Å². The molecular formula is C9H17O2. The third-order valence-electron chi connectivity index (χ3n) is 1.72. The SMILES string of the molecule is CC(C)CC(C)CCC([O])=O. The molecule has 11 heavy (non-hydrogen) atoms. The van der Waals surface area contributed by atoms with Crippen molar-refractivity contribution in [3.05, 3.63) is 0 Å². The van der Waals surface area contributed by atoms with E-state index in [4.69, 9.17) is 0 Å². The van der Waals surface area contributed by atoms with E-state index < -0.39 is 5.97 Å². The summed E-state index contributed by atoms with van der Waals surface area (Å²) in [5.41, 5.74) is 0. The van der Waals surface area contributed by atoms with E-state index in [1.807, 2.05) is 0 Å². The normalized spacial score (nSPS) is 13.5. The Balaban J connectivity index is 3.37. The van der Waals surface area contributed by atoms with Crippen molar-refractivity contribution in [3.8, 4) is 0 Å². The average molecular weight is 157 g/mol. The first kappa shape index (κ1) is 10.5. The van der Waals surface area contributed by atoms with Crippen LogP contribution in [0.4, 0.5) is 0 Å². The zero-order chi connectivity index (χ0) is 8.85. The first-order valence-electron chi connectivity index (χ1n) is 4.22. The lowest BCUT2D eigenvalue weighted by Crippen LogP contribution is -2.03.